The van der Waals surface area contributed by atoms with E-state index in [0.717, 1.165) is 25.7 Å². The predicted octanol–water partition coefficient (Wildman–Crippen LogP) is 8.42. The highest BCUT2D eigenvalue weighted by Gasteiger charge is 2.13. The van der Waals surface area contributed by atoms with Crippen LogP contribution in [0.4, 0.5) is 0 Å². The third-order valence-corrected chi connectivity index (χ3v) is 5.10. The van der Waals surface area contributed by atoms with Crippen molar-refractivity contribution in [1.29, 1.82) is 0 Å². The van der Waals surface area contributed by atoms with Gasteiger partial charge >= 0.3 is 0 Å². The Labute approximate surface area is 193 Å². The Balaban J connectivity index is 0. The molecule has 0 saturated heterocycles. The lowest BCUT2D eigenvalue weighted by atomic mass is 9.87. The van der Waals surface area contributed by atoms with Crippen molar-refractivity contribution in [3.63, 3.8) is 0 Å². The first-order chi connectivity index (χ1) is 14.9. The maximum absolute atomic E-state index is 9.22. The van der Waals surface area contributed by atoms with Crippen LogP contribution in [0.2, 0.25) is 0 Å². The minimum Gasteiger partial charge on any atom is -0.389 e. The second-order valence-electron chi connectivity index (χ2n) is 8.12. The van der Waals surface area contributed by atoms with Crippen LogP contribution in [0.3, 0.4) is 0 Å². The Morgan fingerprint density at radius 3 is 2.00 bits per heavy atom. The summed E-state index contributed by atoms with van der Waals surface area (Å²) in [5, 5.41) is 17.5. The van der Waals surface area contributed by atoms with Gasteiger partial charge in [0.25, 0.3) is 0 Å². The summed E-state index contributed by atoms with van der Waals surface area (Å²) in [6.45, 7) is 17.5. The van der Waals surface area contributed by atoms with Crippen LogP contribution in [0.1, 0.15) is 99.0 Å². The van der Waals surface area contributed by atoms with Crippen LogP contribution in [0.5, 0.6) is 0 Å². The van der Waals surface area contributed by atoms with Crippen LogP contribution in [0.15, 0.2) is 54.1 Å². The van der Waals surface area contributed by atoms with E-state index >= 15 is 0 Å². The van der Waals surface area contributed by atoms with Gasteiger partial charge in [-0.15, -0.1) is 0 Å². The number of aliphatic hydroxyl groups excluding tert-OH is 1. The van der Waals surface area contributed by atoms with Crippen LogP contribution in [0.25, 0.3) is 0 Å². The summed E-state index contributed by atoms with van der Waals surface area (Å²) >= 11 is 0. The molecule has 0 aromatic heterocycles. The van der Waals surface area contributed by atoms with Crippen LogP contribution >= 0.6 is 0 Å². The van der Waals surface area contributed by atoms with E-state index in [1.807, 2.05) is 26.0 Å². The molecule has 0 fully saturated rings. The van der Waals surface area contributed by atoms with Crippen molar-refractivity contribution in [2.75, 3.05) is 6.61 Å². The van der Waals surface area contributed by atoms with Crippen molar-refractivity contribution in [1.82, 2.24) is 0 Å². The second-order valence-corrected chi connectivity index (χ2v) is 8.12. The molecule has 1 aromatic carbocycles. The van der Waals surface area contributed by atoms with Gasteiger partial charge in [-0.3, -0.25) is 5.26 Å². The summed E-state index contributed by atoms with van der Waals surface area (Å²) in [5.41, 5.74) is 2.71. The lowest BCUT2D eigenvalue weighted by Gasteiger charge is -2.20. The molecule has 0 radical (unpaired) electrons. The molecule has 0 aliphatic heterocycles. The number of aliphatic hydroxyl groups is 1. The highest BCUT2D eigenvalue weighted by atomic mass is 17.1. The van der Waals surface area contributed by atoms with E-state index < -0.39 is 0 Å². The zero-order valence-electron chi connectivity index (χ0n) is 21.5. The number of hydrogen-bond donors (Lipinski definition) is 2. The fraction of sp³-hybridized carbons (Fsp3) is 0.643. The molecule has 0 saturated carbocycles. The molecule has 0 bridgehead atoms. The molecule has 180 valence electrons. The van der Waals surface area contributed by atoms with Crippen molar-refractivity contribution in [2.45, 2.75) is 99.5 Å². The average Bonchev–Trinajstić information content (AvgIpc) is 2.79. The Bertz CT molecular complexity index is 549. The Morgan fingerprint density at radius 2 is 1.58 bits per heavy atom. The fourth-order valence-electron chi connectivity index (χ4n) is 3.09. The molecule has 1 aliphatic carbocycles. The van der Waals surface area contributed by atoms with Gasteiger partial charge in [0.15, 0.2) is 0 Å². The lowest BCUT2D eigenvalue weighted by Crippen LogP contribution is -2.11. The molecular formula is C28H50O3. The second kappa shape index (κ2) is 21.8. The van der Waals surface area contributed by atoms with Crippen molar-refractivity contribution in [2.24, 2.45) is 11.8 Å². The number of allylic oxidation sites excluding steroid dienone is 2. The third kappa shape index (κ3) is 15.9. The minimum absolute atomic E-state index is 0.256. The van der Waals surface area contributed by atoms with Gasteiger partial charge in [0.2, 0.25) is 0 Å². The average molecular weight is 435 g/mol. The first kappa shape index (κ1) is 31.8. The van der Waals surface area contributed by atoms with E-state index in [1.54, 1.807) is 0 Å². The number of benzene rings is 1. The third-order valence-electron chi connectivity index (χ3n) is 5.10. The first-order valence-electron chi connectivity index (χ1n) is 12.3. The molecule has 31 heavy (non-hydrogen) atoms. The molecule has 3 nitrogen and oxygen atoms in total. The zero-order chi connectivity index (χ0) is 24.1. The van der Waals surface area contributed by atoms with Gasteiger partial charge in [-0.05, 0) is 48.2 Å². The van der Waals surface area contributed by atoms with Crippen LogP contribution in [-0.2, 0) is 4.89 Å². The van der Waals surface area contributed by atoms with Gasteiger partial charge in [-0.1, -0.05) is 117 Å². The van der Waals surface area contributed by atoms with Crippen LogP contribution < -0.4 is 0 Å². The molecule has 1 aromatic rings. The molecule has 2 N–H and O–H groups in total. The molecule has 3 heteroatoms. The maximum atomic E-state index is 9.22. The summed E-state index contributed by atoms with van der Waals surface area (Å²) in [4.78, 5) is 4.14. The van der Waals surface area contributed by atoms with Gasteiger partial charge in [-0.2, -0.15) is 0 Å². The van der Waals surface area contributed by atoms with Crippen LogP contribution in [-0.4, -0.2) is 23.1 Å². The molecule has 0 amide bonds. The van der Waals surface area contributed by atoms with Gasteiger partial charge in [0, 0.05) is 0 Å². The van der Waals surface area contributed by atoms with E-state index in [1.165, 1.54) is 17.6 Å². The van der Waals surface area contributed by atoms with E-state index in [2.05, 4.69) is 82.8 Å². The monoisotopic (exact) mass is 434 g/mol. The minimum atomic E-state index is -0.256. The molecular weight excluding hydrogens is 384 g/mol. The van der Waals surface area contributed by atoms with Crippen molar-refractivity contribution in [3.8, 4) is 0 Å². The SMILES string of the molecule is CC.CC(C)C(C)C1=CCC(O)C=C1.CCC.CCCC(CCOO)c1ccccc1. The molecule has 3 unspecified atom stereocenters. The normalized spacial score (nSPS) is 16.5. The van der Waals surface area contributed by atoms with E-state index in [-0.39, 0.29) is 6.10 Å². The fourth-order valence-corrected chi connectivity index (χ4v) is 3.09. The highest BCUT2D eigenvalue weighted by molar-refractivity contribution is 5.26. The first-order valence-corrected chi connectivity index (χ1v) is 12.3. The topological polar surface area (TPSA) is 49.7 Å². The summed E-state index contributed by atoms with van der Waals surface area (Å²) in [6.07, 6.45) is 11.0. The van der Waals surface area contributed by atoms with E-state index in [0.29, 0.717) is 24.4 Å². The summed E-state index contributed by atoms with van der Waals surface area (Å²) in [5.74, 6) is 1.79. The largest absolute Gasteiger partial charge is 0.389 e. The Morgan fingerprint density at radius 1 is 1.00 bits per heavy atom. The summed E-state index contributed by atoms with van der Waals surface area (Å²) in [6, 6.07) is 10.4. The molecule has 3 atom stereocenters. The van der Waals surface area contributed by atoms with Crippen molar-refractivity contribution in [3.05, 3.63) is 59.7 Å². The summed E-state index contributed by atoms with van der Waals surface area (Å²) in [7, 11) is 0. The van der Waals surface area contributed by atoms with Crippen molar-refractivity contribution < 1.29 is 15.3 Å². The van der Waals surface area contributed by atoms with Gasteiger partial charge in [0.1, 0.15) is 0 Å². The summed E-state index contributed by atoms with van der Waals surface area (Å²) < 4.78 is 0. The van der Waals surface area contributed by atoms with Gasteiger partial charge in [0.05, 0.1) is 12.7 Å². The number of hydrogen-bond acceptors (Lipinski definition) is 3. The quantitative estimate of drug-likeness (QED) is 0.319. The maximum Gasteiger partial charge on any atom is 0.0825 e. The molecule has 0 spiro atoms. The van der Waals surface area contributed by atoms with E-state index in [9.17, 15) is 5.11 Å². The standard InChI is InChI=1S/C12H18O2.C11H18O.C3H8.C2H6/c1-2-6-11(9-10-14-13)12-7-4-3-5-8-12;1-8(2)9(3)10-4-6-11(12)7-5-10;1-3-2;1-2/h3-5,7-8,11,13H,2,6,9-10H2,1H3;4-6,8-9,11-12H,7H2,1-3H3;3H2,1-2H3;1-2H3. The van der Waals surface area contributed by atoms with Gasteiger partial charge in [-0.25, -0.2) is 4.89 Å². The Hall–Kier alpha value is -1.42. The lowest BCUT2D eigenvalue weighted by molar-refractivity contribution is -0.243. The highest BCUT2D eigenvalue weighted by Crippen LogP contribution is 2.25. The molecule has 1 aliphatic rings. The van der Waals surface area contributed by atoms with E-state index in [4.69, 9.17) is 5.26 Å². The van der Waals surface area contributed by atoms with Crippen LogP contribution in [0, 0.1) is 11.8 Å². The van der Waals surface area contributed by atoms with Gasteiger partial charge < -0.3 is 5.11 Å². The Kier molecular flexibility index (Phi) is 22.3. The zero-order valence-corrected chi connectivity index (χ0v) is 21.5. The molecule has 0 heterocycles. The molecule has 2 rings (SSSR count). The van der Waals surface area contributed by atoms with Crippen molar-refractivity contribution >= 4 is 0 Å². The number of rotatable bonds is 8. The smallest absolute Gasteiger partial charge is 0.0825 e. The predicted molar refractivity (Wildman–Crippen MR) is 136 cm³/mol.